The molecule has 126 valence electrons. The first-order chi connectivity index (χ1) is 11.1. The third kappa shape index (κ3) is 4.28. The number of esters is 1. The largest absolute Gasteiger partial charge is 0.468 e. The lowest BCUT2D eigenvalue weighted by molar-refractivity contribution is -0.149. The van der Waals surface area contributed by atoms with E-state index in [0.29, 0.717) is 25.2 Å². The van der Waals surface area contributed by atoms with Crippen LogP contribution in [0.3, 0.4) is 0 Å². The Labute approximate surface area is 135 Å². The molecule has 1 saturated heterocycles. The maximum Gasteiger partial charge on any atom is 0.327 e. The lowest BCUT2D eigenvalue weighted by Gasteiger charge is -2.36. The Bertz CT molecular complexity index is 547. The number of methoxy groups -OCH3 is 1. The first-order valence-electron chi connectivity index (χ1n) is 7.91. The van der Waals surface area contributed by atoms with Gasteiger partial charge in [0.2, 0.25) is 5.91 Å². The van der Waals surface area contributed by atoms with Crippen molar-refractivity contribution in [2.45, 2.75) is 25.8 Å². The molecular weight excluding hydrogens is 299 g/mol. The maximum atomic E-state index is 13.1. The van der Waals surface area contributed by atoms with Gasteiger partial charge in [-0.05, 0) is 44.0 Å². The zero-order valence-corrected chi connectivity index (χ0v) is 13.5. The smallest absolute Gasteiger partial charge is 0.327 e. The van der Waals surface area contributed by atoms with Gasteiger partial charge < -0.3 is 10.1 Å². The van der Waals surface area contributed by atoms with Crippen molar-refractivity contribution in [3.63, 3.8) is 0 Å². The molecule has 1 fully saturated rings. The topological polar surface area (TPSA) is 58.6 Å². The van der Waals surface area contributed by atoms with Crippen LogP contribution in [0.4, 0.5) is 4.39 Å². The SMILES string of the molecule is CCNC(=O)[C@H]1CCCN([C@@H](C(=O)OC)c2ccc(F)cc2)C1. The highest BCUT2D eigenvalue weighted by Crippen LogP contribution is 2.28. The Hall–Kier alpha value is -1.95. The summed E-state index contributed by atoms with van der Waals surface area (Å²) in [4.78, 5) is 26.3. The van der Waals surface area contributed by atoms with Gasteiger partial charge in [0.05, 0.1) is 13.0 Å². The molecule has 0 saturated carbocycles. The molecule has 0 spiro atoms. The number of hydrogen-bond donors (Lipinski definition) is 1. The van der Waals surface area contributed by atoms with Gasteiger partial charge in [-0.25, -0.2) is 9.18 Å². The van der Waals surface area contributed by atoms with Gasteiger partial charge in [0.25, 0.3) is 0 Å². The molecule has 0 aromatic heterocycles. The first kappa shape index (κ1) is 17.4. The number of likely N-dealkylation sites (tertiary alicyclic amines) is 1. The van der Waals surface area contributed by atoms with E-state index < -0.39 is 12.0 Å². The Morgan fingerprint density at radius 3 is 2.70 bits per heavy atom. The van der Waals surface area contributed by atoms with Crippen molar-refractivity contribution >= 4 is 11.9 Å². The minimum absolute atomic E-state index is 0.0138. The molecule has 0 aliphatic carbocycles. The van der Waals surface area contributed by atoms with E-state index in [0.717, 1.165) is 12.8 Å². The highest BCUT2D eigenvalue weighted by Gasteiger charge is 2.34. The van der Waals surface area contributed by atoms with E-state index in [4.69, 9.17) is 4.74 Å². The number of piperidine rings is 1. The fourth-order valence-electron chi connectivity index (χ4n) is 3.03. The molecule has 0 unspecified atom stereocenters. The van der Waals surface area contributed by atoms with Crippen molar-refractivity contribution in [3.8, 4) is 0 Å². The summed E-state index contributed by atoms with van der Waals surface area (Å²) in [5.41, 5.74) is 0.676. The first-order valence-corrected chi connectivity index (χ1v) is 7.91. The molecule has 2 rings (SSSR count). The fraction of sp³-hybridized carbons (Fsp3) is 0.529. The molecule has 1 aliphatic heterocycles. The average molecular weight is 322 g/mol. The number of nitrogens with one attached hydrogen (secondary N) is 1. The van der Waals surface area contributed by atoms with Crippen molar-refractivity contribution in [3.05, 3.63) is 35.6 Å². The van der Waals surface area contributed by atoms with Crippen molar-refractivity contribution in [2.24, 2.45) is 5.92 Å². The second-order valence-corrected chi connectivity index (χ2v) is 5.71. The van der Waals surface area contributed by atoms with Crippen molar-refractivity contribution < 1.29 is 18.7 Å². The summed E-state index contributed by atoms with van der Waals surface area (Å²) in [6.45, 7) is 3.66. The van der Waals surface area contributed by atoms with Gasteiger partial charge in [-0.1, -0.05) is 12.1 Å². The molecule has 1 amide bonds. The van der Waals surface area contributed by atoms with Crippen LogP contribution >= 0.6 is 0 Å². The van der Waals surface area contributed by atoms with Crippen LogP contribution in [-0.2, 0) is 14.3 Å². The highest BCUT2D eigenvalue weighted by atomic mass is 19.1. The van der Waals surface area contributed by atoms with Crippen molar-refractivity contribution in [1.82, 2.24) is 10.2 Å². The fourth-order valence-corrected chi connectivity index (χ4v) is 3.03. The monoisotopic (exact) mass is 322 g/mol. The second kappa shape index (κ2) is 8.06. The molecule has 1 aliphatic rings. The minimum atomic E-state index is -0.613. The maximum absolute atomic E-state index is 13.1. The molecule has 0 bridgehead atoms. The molecular formula is C17H23FN2O3. The summed E-state index contributed by atoms with van der Waals surface area (Å²) in [5.74, 6) is -0.874. The molecule has 1 aromatic rings. The van der Waals surface area contributed by atoms with Crippen LogP contribution in [0.2, 0.25) is 0 Å². The third-order valence-electron chi connectivity index (χ3n) is 4.15. The number of ether oxygens (including phenoxy) is 1. The average Bonchev–Trinajstić information content (AvgIpc) is 2.57. The van der Waals surface area contributed by atoms with Gasteiger partial charge in [0.1, 0.15) is 11.9 Å². The van der Waals surface area contributed by atoms with E-state index >= 15 is 0 Å². The summed E-state index contributed by atoms with van der Waals surface area (Å²) in [7, 11) is 1.34. The zero-order chi connectivity index (χ0) is 16.8. The van der Waals surface area contributed by atoms with Gasteiger partial charge in [0, 0.05) is 13.1 Å². The van der Waals surface area contributed by atoms with Crippen LogP contribution < -0.4 is 5.32 Å². The van der Waals surface area contributed by atoms with Crippen molar-refractivity contribution in [2.75, 3.05) is 26.7 Å². The summed E-state index contributed by atoms with van der Waals surface area (Å²) >= 11 is 0. The molecule has 1 aromatic carbocycles. The molecule has 1 heterocycles. The number of carbonyl (C=O) groups is 2. The number of halogens is 1. The van der Waals surface area contributed by atoms with E-state index in [1.807, 2.05) is 11.8 Å². The van der Waals surface area contributed by atoms with Gasteiger partial charge in [0.15, 0.2) is 0 Å². The molecule has 5 nitrogen and oxygen atoms in total. The van der Waals surface area contributed by atoms with Gasteiger partial charge in [-0.15, -0.1) is 0 Å². The van der Waals surface area contributed by atoms with Crippen LogP contribution in [0.5, 0.6) is 0 Å². The second-order valence-electron chi connectivity index (χ2n) is 5.71. The number of hydrogen-bond acceptors (Lipinski definition) is 4. The number of nitrogens with zero attached hydrogens (tertiary/aromatic N) is 1. The van der Waals surface area contributed by atoms with Gasteiger partial charge in [-0.3, -0.25) is 9.69 Å². The lowest BCUT2D eigenvalue weighted by atomic mass is 9.94. The van der Waals surface area contributed by atoms with E-state index in [1.165, 1.54) is 19.2 Å². The molecule has 23 heavy (non-hydrogen) atoms. The Morgan fingerprint density at radius 2 is 2.09 bits per heavy atom. The Morgan fingerprint density at radius 1 is 1.39 bits per heavy atom. The standard InChI is InChI=1S/C17H23FN2O3/c1-3-19-16(21)13-5-4-10-20(11-13)15(17(22)23-2)12-6-8-14(18)9-7-12/h6-9,13,15H,3-5,10-11H2,1-2H3,(H,19,21)/t13-,15+/m0/s1. The Kier molecular flexibility index (Phi) is 6.10. The quantitative estimate of drug-likeness (QED) is 0.841. The number of rotatable bonds is 5. The number of amides is 1. The molecule has 2 atom stereocenters. The summed E-state index contributed by atoms with van der Waals surface area (Å²) < 4.78 is 18.1. The number of carbonyl (C=O) groups excluding carboxylic acids is 2. The normalized spacial score (nSPS) is 19.9. The minimum Gasteiger partial charge on any atom is -0.468 e. The molecule has 6 heteroatoms. The zero-order valence-electron chi connectivity index (χ0n) is 13.5. The predicted molar refractivity (Wildman–Crippen MR) is 84.1 cm³/mol. The van der Waals surface area contributed by atoms with Crippen LogP contribution in [-0.4, -0.2) is 43.5 Å². The van der Waals surface area contributed by atoms with E-state index in [2.05, 4.69) is 5.32 Å². The summed E-state index contributed by atoms with van der Waals surface area (Å²) in [6.07, 6.45) is 1.64. The van der Waals surface area contributed by atoms with E-state index in [1.54, 1.807) is 12.1 Å². The molecule has 1 N–H and O–H groups in total. The number of benzene rings is 1. The predicted octanol–water partition coefficient (Wildman–Crippen LogP) is 1.89. The highest BCUT2D eigenvalue weighted by molar-refractivity contribution is 5.80. The van der Waals surface area contributed by atoms with Crippen LogP contribution in [0.1, 0.15) is 31.4 Å². The van der Waals surface area contributed by atoms with E-state index in [-0.39, 0.29) is 17.6 Å². The summed E-state index contributed by atoms with van der Waals surface area (Å²) in [6, 6.07) is 5.23. The van der Waals surface area contributed by atoms with Crippen LogP contribution in [0.25, 0.3) is 0 Å². The van der Waals surface area contributed by atoms with Gasteiger partial charge in [-0.2, -0.15) is 0 Å². The molecule has 0 radical (unpaired) electrons. The van der Waals surface area contributed by atoms with Crippen LogP contribution in [0.15, 0.2) is 24.3 Å². The van der Waals surface area contributed by atoms with Crippen molar-refractivity contribution in [1.29, 1.82) is 0 Å². The van der Waals surface area contributed by atoms with Gasteiger partial charge >= 0.3 is 5.97 Å². The van der Waals surface area contributed by atoms with E-state index in [9.17, 15) is 14.0 Å². The Balaban J connectivity index is 2.20. The van der Waals surface area contributed by atoms with Crippen LogP contribution in [0, 0.1) is 11.7 Å². The third-order valence-corrected chi connectivity index (χ3v) is 4.15. The summed E-state index contributed by atoms with van der Waals surface area (Å²) in [5, 5.41) is 2.83. The lowest BCUT2D eigenvalue weighted by Crippen LogP contribution is -2.46.